The van der Waals surface area contributed by atoms with Gasteiger partial charge in [-0.1, -0.05) is 158 Å². The summed E-state index contributed by atoms with van der Waals surface area (Å²) in [7, 11) is -3.20. The zero-order chi connectivity index (χ0) is 33.4. The lowest BCUT2D eigenvalue weighted by molar-refractivity contribution is -0.164. The van der Waals surface area contributed by atoms with Crippen LogP contribution in [0.2, 0.25) is 0 Å². The van der Waals surface area contributed by atoms with Crippen LogP contribution in [0.4, 0.5) is 0 Å². The first-order valence-corrected chi connectivity index (χ1v) is 24.2. The monoisotopic (exact) mass is 661 g/mol. The molecule has 0 radical (unpaired) electrons. The van der Waals surface area contributed by atoms with Gasteiger partial charge in [-0.3, -0.25) is 0 Å². The maximum Gasteiger partial charge on any atom is 0.0594 e. The summed E-state index contributed by atoms with van der Waals surface area (Å²) in [5, 5.41) is 0. The SMILES string of the molecule is CC(C[PH](=O)[O-])CC(C)(C)C.CCCCCCCCCCCCCC[P+](CCCCCC)(CCCCCC)CCCCCC. The predicted molar refractivity (Wildman–Crippen MR) is 207 cm³/mol. The molecule has 0 aliphatic carbocycles. The molecule has 0 aliphatic rings. The summed E-state index contributed by atoms with van der Waals surface area (Å²) in [6, 6.07) is 0. The molecule has 0 aliphatic heterocycles. The highest BCUT2D eigenvalue weighted by Gasteiger charge is 2.34. The number of unbranched alkanes of at least 4 members (excludes halogenated alkanes) is 20. The fourth-order valence-corrected chi connectivity index (χ4v) is 12.6. The van der Waals surface area contributed by atoms with E-state index in [1.54, 1.807) is 50.3 Å². The van der Waals surface area contributed by atoms with Gasteiger partial charge in [0.2, 0.25) is 0 Å². The number of hydrogen-bond donors (Lipinski definition) is 0. The molecule has 268 valence electrons. The number of hydrogen-bond acceptors (Lipinski definition) is 2. The predicted octanol–water partition coefficient (Wildman–Crippen LogP) is 14.3. The first-order valence-electron chi connectivity index (χ1n) is 20.1. The zero-order valence-corrected chi connectivity index (χ0v) is 33.9. The first-order chi connectivity index (χ1) is 21.1. The Morgan fingerprint density at radius 3 is 1.00 bits per heavy atom. The van der Waals surface area contributed by atoms with Crippen molar-refractivity contribution in [1.82, 2.24) is 0 Å². The van der Waals surface area contributed by atoms with E-state index in [9.17, 15) is 9.46 Å². The third kappa shape index (κ3) is 35.5. The molecule has 44 heavy (non-hydrogen) atoms. The van der Waals surface area contributed by atoms with Gasteiger partial charge in [-0.05, 0) is 75.3 Å². The standard InChI is InChI=1S/C32H68P.C8H19O2P/c1-5-9-13-17-18-19-20-21-22-23-24-28-32-33(29-25-14-10-6-2,30-26-15-11-7-3)31-27-16-12-8-4;1-7(6-11(9)10)5-8(2,3)4/h5-32H2,1-4H3;7,11H,5-6H2,1-4H3,(H,9,10)/q+1;/p-1. The normalized spacial score (nSPS) is 13.5. The van der Waals surface area contributed by atoms with E-state index in [1.165, 1.54) is 128 Å². The molecule has 0 rings (SSSR count). The minimum absolute atomic E-state index is 0.247. The second-order valence-corrected chi connectivity index (χ2v) is 21.4. The second-order valence-electron chi connectivity index (χ2n) is 15.8. The van der Waals surface area contributed by atoms with Crippen LogP contribution in [0.5, 0.6) is 0 Å². The molecule has 0 aromatic rings. The number of rotatable bonds is 31. The minimum Gasteiger partial charge on any atom is -0.802 e. The van der Waals surface area contributed by atoms with Gasteiger partial charge in [-0.25, -0.2) is 0 Å². The molecule has 0 saturated carbocycles. The molecular formula is C40H86O2P2. The third-order valence-corrected chi connectivity index (χ3v) is 15.5. The fourth-order valence-electron chi connectivity index (χ4n) is 6.98. The highest BCUT2D eigenvalue weighted by Crippen LogP contribution is 2.61. The Hall–Kier alpha value is 0.620. The van der Waals surface area contributed by atoms with Crippen molar-refractivity contribution in [2.45, 2.75) is 216 Å². The van der Waals surface area contributed by atoms with Gasteiger partial charge in [0.15, 0.2) is 0 Å². The maximum absolute atomic E-state index is 10.4. The lowest BCUT2D eigenvalue weighted by Crippen LogP contribution is -2.13. The minimum atomic E-state index is -2.51. The van der Waals surface area contributed by atoms with Crippen LogP contribution < -0.4 is 4.89 Å². The van der Waals surface area contributed by atoms with Gasteiger partial charge < -0.3 is 9.46 Å². The Bertz CT molecular complexity index is 555. The first kappa shape index (κ1) is 46.7. The average molecular weight is 661 g/mol. The van der Waals surface area contributed by atoms with Crippen LogP contribution in [0, 0.1) is 11.3 Å². The van der Waals surface area contributed by atoms with Gasteiger partial charge in [0, 0.05) is 15.3 Å². The maximum atomic E-state index is 10.4. The molecule has 2 unspecified atom stereocenters. The van der Waals surface area contributed by atoms with Crippen molar-refractivity contribution in [2.24, 2.45) is 11.3 Å². The molecular weight excluding hydrogens is 574 g/mol. The van der Waals surface area contributed by atoms with Crippen LogP contribution in [0.25, 0.3) is 0 Å². The summed E-state index contributed by atoms with van der Waals surface area (Å²) in [5.41, 5.74) is 0.247. The molecule has 0 aromatic carbocycles. The Morgan fingerprint density at radius 1 is 0.500 bits per heavy atom. The molecule has 0 saturated heterocycles. The smallest absolute Gasteiger partial charge is 0.0594 e. The van der Waals surface area contributed by atoms with E-state index < -0.39 is 15.3 Å². The van der Waals surface area contributed by atoms with Crippen LogP contribution in [-0.2, 0) is 4.57 Å². The molecule has 2 nitrogen and oxygen atoms in total. The molecule has 2 atom stereocenters. The molecule has 0 fully saturated rings. The average Bonchev–Trinajstić information content (AvgIpc) is 2.95. The lowest BCUT2D eigenvalue weighted by atomic mass is 9.86. The van der Waals surface area contributed by atoms with Gasteiger partial charge >= 0.3 is 0 Å². The highest BCUT2D eigenvalue weighted by atomic mass is 31.2. The Balaban J connectivity index is 0. The third-order valence-electron chi connectivity index (χ3n) is 9.42. The van der Waals surface area contributed by atoms with Crippen molar-refractivity contribution in [1.29, 1.82) is 0 Å². The molecule has 0 aromatic heterocycles. The van der Waals surface area contributed by atoms with E-state index in [1.807, 2.05) is 6.92 Å². The van der Waals surface area contributed by atoms with Crippen LogP contribution in [0.3, 0.4) is 0 Å². The van der Waals surface area contributed by atoms with Crippen LogP contribution in [-0.4, -0.2) is 30.8 Å². The Morgan fingerprint density at radius 2 is 0.750 bits per heavy atom. The zero-order valence-electron chi connectivity index (χ0n) is 32.1. The van der Waals surface area contributed by atoms with Crippen molar-refractivity contribution >= 4 is 15.3 Å². The quantitative estimate of drug-likeness (QED) is 0.0548. The van der Waals surface area contributed by atoms with Crippen molar-refractivity contribution in [2.75, 3.05) is 30.8 Å². The van der Waals surface area contributed by atoms with Gasteiger partial charge in [-0.15, -0.1) is 0 Å². The van der Waals surface area contributed by atoms with E-state index in [2.05, 4.69) is 48.5 Å². The van der Waals surface area contributed by atoms with E-state index in [-0.39, 0.29) is 5.41 Å². The van der Waals surface area contributed by atoms with Gasteiger partial charge in [0.1, 0.15) is 0 Å². The van der Waals surface area contributed by atoms with Gasteiger partial charge in [-0.2, -0.15) is 0 Å². The van der Waals surface area contributed by atoms with Crippen molar-refractivity contribution in [3.8, 4) is 0 Å². The molecule has 0 bridgehead atoms. The molecule has 0 spiro atoms. The van der Waals surface area contributed by atoms with Crippen LogP contribution in [0.1, 0.15) is 216 Å². The Labute approximate surface area is 282 Å². The van der Waals surface area contributed by atoms with E-state index >= 15 is 0 Å². The summed E-state index contributed by atoms with van der Waals surface area (Å²) in [6.07, 6.45) is 43.4. The van der Waals surface area contributed by atoms with E-state index in [0.717, 1.165) is 6.42 Å². The van der Waals surface area contributed by atoms with Crippen LogP contribution in [0.15, 0.2) is 0 Å². The van der Waals surface area contributed by atoms with Crippen molar-refractivity contribution in [3.05, 3.63) is 0 Å². The lowest BCUT2D eigenvalue weighted by Gasteiger charge is -2.28. The molecule has 4 heteroatoms. The summed E-state index contributed by atoms with van der Waals surface area (Å²) < 4.78 is 10.4. The van der Waals surface area contributed by atoms with Crippen molar-refractivity contribution < 1.29 is 9.46 Å². The summed E-state index contributed by atoms with van der Waals surface area (Å²) in [6.45, 7) is 17.8. The summed E-state index contributed by atoms with van der Waals surface area (Å²) in [4.78, 5) is 10.4. The molecule has 0 amide bonds. The summed E-state index contributed by atoms with van der Waals surface area (Å²) >= 11 is 0. The van der Waals surface area contributed by atoms with Crippen molar-refractivity contribution in [3.63, 3.8) is 0 Å². The van der Waals surface area contributed by atoms with Gasteiger partial charge in [0.25, 0.3) is 0 Å². The van der Waals surface area contributed by atoms with E-state index in [0.29, 0.717) is 12.1 Å². The topological polar surface area (TPSA) is 40.1 Å². The fraction of sp³-hybridized carbons (Fsp3) is 1.00. The second kappa shape index (κ2) is 33.5. The molecule has 0 N–H and O–H groups in total. The van der Waals surface area contributed by atoms with Crippen LogP contribution >= 0.6 is 15.3 Å². The van der Waals surface area contributed by atoms with Gasteiger partial charge in [0.05, 0.1) is 24.6 Å². The van der Waals surface area contributed by atoms with E-state index in [4.69, 9.17) is 0 Å². The molecule has 0 heterocycles. The summed E-state index contributed by atoms with van der Waals surface area (Å²) in [5.74, 6) is 0.305. The Kier molecular flexibility index (Phi) is 35.6. The largest absolute Gasteiger partial charge is 0.802 e. The highest BCUT2D eigenvalue weighted by molar-refractivity contribution is 7.75.